The van der Waals surface area contributed by atoms with Crippen LogP contribution < -0.4 is 0 Å². The fraction of sp³-hybridized carbons (Fsp3) is 0.286. The van der Waals surface area contributed by atoms with Crippen molar-refractivity contribution in [3.63, 3.8) is 0 Å². The Morgan fingerprint density at radius 1 is 1.21 bits per heavy atom. The zero-order valence-electron chi connectivity index (χ0n) is 16.0. The summed E-state index contributed by atoms with van der Waals surface area (Å²) in [5.41, 5.74) is 1.99. The van der Waals surface area contributed by atoms with Gasteiger partial charge in [0, 0.05) is 18.1 Å². The predicted octanol–water partition coefficient (Wildman–Crippen LogP) is 3.72. The molecule has 3 aromatic rings. The van der Waals surface area contributed by atoms with Crippen molar-refractivity contribution in [1.29, 1.82) is 0 Å². The molecule has 29 heavy (non-hydrogen) atoms. The normalized spacial score (nSPS) is 16.6. The molecule has 0 bridgehead atoms. The van der Waals surface area contributed by atoms with Crippen molar-refractivity contribution < 1.29 is 14.3 Å². The summed E-state index contributed by atoms with van der Waals surface area (Å²) in [7, 11) is 0. The van der Waals surface area contributed by atoms with E-state index < -0.39 is 6.04 Å². The first-order valence-electron chi connectivity index (χ1n) is 9.43. The number of ether oxygens (including phenoxy) is 1. The molecule has 2 aromatic heterocycles. The fourth-order valence-corrected chi connectivity index (χ4v) is 4.98. The molecule has 3 heterocycles. The van der Waals surface area contributed by atoms with Gasteiger partial charge in [-0.3, -0.25) is 4.79 Å². The molecule has 150 valence electrons. The van der Waals surface area contributed by atoms with Crippen LogP contribution in [-0.2, 0) is 9.53 Å². The van der Waals surface area contributed by atoms with E-state index in [1.165, 1.54) is 0 Å². The zero-order chi connectivity index (χ0) is 20.2. The number of carbonyl (C=O) groups excluding carboxylic acids is 2. The average Bonchev–Trinajstić information content (AvgIpc) is 3.44. The number of thioether (sulfide) groups is 1. The smallest absolute Gasteiger partial charge is 0.329 e. The first-order chi connectivity index (χ1) is 14.2. The van der Waals surface area contributed by atoms with Crippen LogP contribution in [0.2, 0.25) is 0 Å². The molecule has 1 atom stereocenters. The minimum atomic E-state index is -0.578. The van der Waals surface area contributed by atoms with Gasteiger partial charge >= 0.3 is 5.97 Å². The van der Waals surface area contributed by atoms with E-state index in [9.17, 15) is 9.59 Å². The lowest BCUT2D eigenvalue weighted by atomic mass is 10.2. The first-order valence-corrected chi connectivity index (χ1v) is 11.5. The predicted molar refractivity (Wildman–Crippen MR) is 116 cm³/mol. The monoisotopic (exact) mass is 427 g/mol. The molecule has 0 unspecified atom stereocenters. The maximum atomic E-state index is 13.5. The molecule has 0 aliphatic carbocycles. The third-order valence-corrected chi connectivity index (χ3v) is 6.57. The van der Waals surface area contributed by atoms with Crippen molar-refractivity contribution in [2.75, 3.05) is 24.7 Å². The van der Waals surface area contributed by atoms with Crippen molar-refractivity contribution in [3.05, 3.63) is 59.6 Å². The second-order valence-electron chi connectivity index (χ2n) is 6.48. The van der Waals surface area contributed by atoms with Crippen LogP contribution in [-0.4, -0.2) is 57.3 Å². The topological polar surface area (TPSA) is 64.4 Å². The van der Waals surface area contributed by atoms with E-state index in [2.05, 4.69) is 0 Å². The Hall–Kier alpha value is -2.58. The highest BCUT2D eigenvalue weighted by Gasteiger charge is 2.35. The number of thiophene rings is 1. The number of para-hydroxylation sites is 1. The van der Waals surface area contributed by atoms with E-state index in [1.54, 1.807) is 39.6 Å². The van der Waals surface area contributed by atoms with Gasteiger partial charge in [-0.05, 0) is 36.6 Å². The maximum absolute atomic E-state index is 13.5. The van der Waals surface area contributed by atoms with Gasteiger partial charge in [0.2, 0.25) is 0 Å². The van der Waals surface area contributed by atoms with Gasteiger partial charge in [-0.25, -0.2) is 9.48 Å². The van der Waals surface area contributed by atoms with Crippen LogP contribution in [0.5, 0.6) is 0 Å². The number of esters is 1. The summed E-state index contributed by atoms with van der Waals surface area (Å²) in [5, 5.41) is 6.69. The van der Waals surface area contributed by atoms with Gasteiger partial charge in [-0.1, -0.05) is 24.3 Å². The van der Waals surface area contributed by atoms with E-state index in [-0.39, 0.29) is 11.9 Å². The fourth-order valence-electron chi connectivity index (χ4n) is 3.27. The number of hydrogen-bond donors (Lipinski definition) is 0. The lowest BCUT2D eigenvalue weighted by Crippen LogP contribution is -2.51. The summed E-state index contributed by atoms with van der Waals surface area (Å²) in [5.74, 6) is 0.778. The van der Waals surface area contributed by atoms with Crippen LogP contribution in [0.25, 0.3) is 16.3 Å². The number of nitrogens with zero attached hydrogens (tertiary/aromatic N) is 3. The summed E-state index contributed by atoms with van der Waals surface area (Å²) < 4.78 is 6.88. The van der Waals surface area contributed by atoms with Crippen molar-refractivity contribution in [2.24, 2.45) is 0 Å². The quantitative estimate of drug-likeness (QED) is 0.581. The highest BCUT2D eigenvalue weighted by molar-refractivity contribution is 7.99. The van der Waals surface area contributed by atoms with Crippen molar-refractivity contribution in [3.8, 4) is 16.3 Å². The molecule has 1 fully saturated rings. The first kappa shape index (κ1) is 19.7. The highest BCUT2D eigenvalue weighted by atomic mass is 32.2. The van der Waals surface area contributed by atoms with Gasteiger partial charge in [0.1, 0.15) is 17.4 Å². The molecule has 0 N–H and O–H groups in total. The van der Waals surface area contributed by atoms with Crippen molar-refractivity contribution >= 4 is 35.0 Å². The SMILES string of the molecule is CCOC(=O)[C@@H]1CSCCN1C(=O)c1cc(-c2cccs2)nn1-c1ccccc1. The molecule has 4 rings (SSSR count). The Bertz CT molecular complexity index is 986. The van der Waals surface area contributed by atoms with Crippen LogP contribution in [0, 0.1) is 0 Å². The number of carbonyl (C=O) groups is 2. The standard InChI is InChI=1S/C21H21N3O3S2/c1-2-27-21(26)18-14-28-12-10-23(18)20(25)17-13-16(19-9-6-11-29-19)22-24(17)15-7-4-3-5-8-15/h3-9,11,13,18H,2,10,12,14H2,1H3/t18-/m0/s1. The van der Waals surface area contributed by atoms with E-state index in [4.69, 9.17) is 9.84 Å². The summed E-state index contributed by atoms with van der Waals surface area (Å²) in [4.78, 5) is 28.6. The Balaban J connectivity index is 1.74. The Kier molecular flexibility index (Phi) is 6.01. The van der Waals surface area contributed by atoms with Crippen LogP contribution in [0.15, 0.2) is 53.9 Å². The van der Waals surface area contributed by atoms with Crippen molar-refractivity contribution in [1.82, 2.24) is 14.7 Å². The molecule has 8 heteroatoms. The van der Waals surface area contributed by atoms with Gasteiger partial charge in [-0.15, -0.1) is 11.3 Å². The summed E-state index contributed by atoms with van der Waals surface area (Å²) in [6, 6.07) is 14.7. The molecule has 0 saturated carbocycles. The van der Waals surface area contributed by atoms with E-state index in [0.29, 0.717) is 24.6 Å². The Morgan fingerprint density at radius 3 is 2.76 bits per heavy atom. The molecule has 1 aliphatic heterocycles. The van der Waals surface area contributed by atoms with E-state index in [1.807, 2.05) is 53.9 Å². The third-order valence-electron chi connectivity index (χ3n) is 4.65. The Morgan fingerprint density at radius 2 is 2.03 bits per heavy atom. The summed E-state index contributed by atoms with van der Waals surface area (Å²) in [6.07, 6.45) is 0. The van der Waals surface area contributed by atoms with Gasteiger partial charge in [0.15, 0.2) is 0 Å². The zero-order valence-corrected chi connectivity index (χ0v) is 17.6. The molecule has 6 nitrogen and oxygen atoms in total. The minimum Gasteiger partial charge on any atom is -0.464 e. The Labute approximate surface area is 177 Å². The molecule has 0 radical (unpaired) electrons. The van der Waals surface area contributed by atoms with Crippen LogP contribution in [0.3, 0.4) is 0 Å². The maximum Gasteiger partial charge on any atom is 0.329 e. The number of amides is 1. The molecule has 1 aliphatic rings. The number of hydrogen-bond acceptors (Lipinski definition) is 6. The van der Waals surface area contributed by atoms with Gasteiger partial charge in [0.05, 0.1) is 17.2 Å². The number of rotatable bonds is 5. The largest absolute Gasteiger partial charge is 0.464 e. The van der Waals surface area contributed by atoms with Crippen LogP contribution in [0.1, 0.15) is 17.4 Å². The van der Waals surface area contributed by atoms with Gasteiger partial charge < -0.3 is 9.64 Å². The molecule has 1 amide bonds. The molecule has 0 spiro atoms. The van der Waals surface area contributed by atoms with Gasteiger partial charge in [-0.2, -0.15) is 16.9 Å². The lowest BCUT2D eigenvalue weighted by Gasteiger charge is -2.33. The average molecular weight is 428 g/mol. The molecular formula is C21H21N3O3S2. The highest BCUT2D eigenvalue weighted by Crippen LogP contribution is 2.28. The number of benzene rings is 1. The number of aromatic nitrogens is 2. The van der Waals surface area contributed by atoms with Crippen LogP contribution in [0.4, 0.5) is 0 Å². The minimum absolute atomic E-state index is 0.206. The second kappa shape index (κ2) is 8.84. The van der Waals surface area contributed by atoms with E-state index in [0.717, 1.165) is 22.0 Å². The van der Waals surface area contributed by atoms with Crippen LogP contribution >= 0.6 is 23.1 Å². The van der Waals surface area contributed by atoms with E-state index >= 15 is 0 Å². The lowest BCUT2D eigenvalue weighted by molar-refractivity contribution is -0.147. The summed E-state index contributed by atoms with van der Waals surface area (Å²) >= 11 is 3.24. The van der Waals surface area contributed by atoms with Gasteiger partial charge in [0.25, 0.3) is 5.91 Å². The molecule has 1 aromatic carbocycles. The second-order valence-corrected chi connectivity index (χ2v) is 8.58. The van der Waals surface area contributed by atoms with Crippen molar-refractivity contribution in [2.45, 2.75) is 13.0 Å². The molecule has 1 saturated heterocycles. The summed E-state index contributed by atoms with van der Waals surface area (Å²) in [6.45, 7) is 2.58. The third kappa shape index (κ3) is 4.09. The molecular weight excluding hydrogens is 406 g/mol.